The van der Waals surface area contributed by atoms with Crippen LogP contribution in [0.3, 0.4) is 0 Å². The summed E-state index contributed by atoms with van der Waals surface area (Å²) in [6.45, 7) is 3.27. The van der Waals surface area contributed by atoms with Crippen LogP contribution in [0.4, 0.5) is 5.69 Å². The monoisotopic (exact) mass is 343 g/mol. The van der Waals surface area contributed by atoms with Gasteiger partial charge in [-0.25, -0.2) is 9.59 Å². The van der Waals surface area contributed by atoms with Gasteiger partial charge < -0.3 is 14.6 Å². The van der Waals surface area contributed by atoms with E-state index >= 15 is 0 Å². The zero-order chi connectivity index (χ0) is 18.1. The second kappa shape index (κ2) is 6.43. The number of hydrogen-bond donors (Lipinski definition) is 1. The van der Waals surface area contributed by atoms with Gasteiger partial charge >= 0.3 is 11.9 Å². The molecule has 0 radical (unpaired) electrons. The number of rotatable bonds is 4. The Hall–Kier alpha value is -3.09. The van der Waals surface area contributed by atoms with Gasteiger partial charge in [0, 0.05) is 17.6 Å². The van der Waals surface area contributed by atoms with Gasteiger partial charge in [-0.15, -0.1) is 0 Å². The number of ether oxygens (including phenoxy) is 2. The van der Waals surface area contributed by atoms with E-state index in [9.17, 15) is 19.5 Å². The predicted octanol–water partition coefficient (Wildman–Crippen LogP) is 2.13. The second-order valence-corrected chi connectivity index (χ2v) is 5.85. The van der Waals surface area contributed by atoms with Crippen molar-refractivity contribution in [1.29, 1.82) is 0 Å². The fourth-order valence-corrected chi connectivity index (χ4v) is 2.76. The van der Waals surface area contributed by atoms with Crippen molar-refractivity contribution >= 4 is 23.5 Å². The first kappa shape index (κ1) is 16.8. The average Bonchev–Trinajstić information content (AvgIpc) is 2.83. The highest BCUT2D eigenvalue weighted by molar-refractivity contribution is 6.07. The molecule has 0 saturated carbocycles. The first-order valence-electron chi connectivity index (χ1n) is 7.78. The Kier molecular flexibility index (Phi) is 4.31. The number of carboxylic acid groups (broad SMARTS) is 1. The van der Waals surface area contributed by atoms with Crippen molar-refractivity contribution in [3.05, 3.63) is 52.9 Å². The van der Waals surface area contributed by atoms with E-state index in [1.54, 1.807) is 26.0 Å². The van der Waals surface area contributed by atoms with Crippen LogP contribution in [0.15, 0.2) is 47.4 Å². The molecule has 1 aromatic carbocycles. The van der Waals surface area contributed by atoms with Crippen molar-refractivity contribution in [3.8, 4) is 0 Å². The number of anilines is 1. The summed E-state index contributed by atoms with van der Waals surface area (Å²) in [6.07, 6.45) is 0.734. The molecular formula is C18H17NO6. The van der Waals surface area contributed by atoms with E-state index < -0.39 is 18.2 Å². The van der Waals surface area contributed by atoms with Crippen LogP contribution in [0.5, 0.6) is 0 Å². The molecule has 0 aromatic heterocycles. The summed E-state index contributed by atoms with van der Waals surface area (Å²) in [6, 6.07) is 7.11. The normalized spacial score (nSPS) is 20.5. The van der Waals surface area contributed by atoms with Crippen LogP contribution in [-0.4, -0.2) is 29.2 Å². The predicted molar refractivity (Wildman–Crippen MR) is 87.3 cm³/mol. The van der Waals surface area contributed by atoms with Crippen molar-refractivity contribution in [2.45, 2.75) is 33.0 Å². The van der Waals surface area contributed by atoms with Gasteiger partial charge in [-0.3, -0.25) is 9.69 Å². The molecule has 2 aliphatic rings. The molecule has 1 amide bonds. The van der Waals surface area contributed by atoms with Crippen LogP contribution in [-0.2, 0) is 30.3 Å². The summed E-state index contributed by atoms with van der Waals surface area (Å²) < 4.78 is 10.4. The molecule has 1 atom stereocenters. The third-order valence-electron chi connectivity index (χ3n) is 4.32. The lowest BCUT2D eigenvalue weighted by atomic mass is 10.0. The Morgan fingerprint density at radius 1 is 1.28 bits per heavy atom. The molecular weight excluding hydrogens is 326 g/mol. The highest BCUT2D eigenvalue weighted by Crippen LogP contribution is 2.31. The number of aryl methyl sites for hydroxylation is 1. The number of nitrogens with zero attached hydrogens (tertiary/aromatic N) is 1. The summed E-state index contributed by atoms with van der Waals surface area (Å²) in [4.78, 5) is 36.7. The van der Waals surface area contributed by atoms with E-state index in [4.69, 9.17) is 9.47 Å². The van der Waals surface area contributed by atoms with Crippen LogP contribution in [0.2, 0.25) is 0 Å². The lowest BCUT2D eigenvalue weighted by Gasteiger charge is -2.29. The summed E-state index contributed by atoms with van der Waals surface area (Å²) >= 11 is 0. The van der Waals surface area contributed by atoms with Crippen LogP contribution in [0.25, 0.3) is 0 Å². The number of para-hydroxylation sites is 1. The molecule has 2 aliphatic heterocycles. The zero-order valence-corrected chi connectivity index (χ0v) is 13.8. The lowest BCUT2D eigenvalue weighted by Crippen LogP contribution is -2.37. The Bertz CT molecular complexity index is 823. The van der Waals surface area contributed by atoms with E-state index in [0.717, 1.165) is 16.7 Å². The van der Waals surface area contributed by atoms with Crippen LogP contribution < -0.4 is 4.90 Å². The number of aliphatic carboxylic acids is 1. The number of cyclic esters (lactones) is 1. The maximum absolute atomic E-state index is 12.3. The number of carbonyl (C=O) groups is 3. The van der Waals surface area contributed by atoms with Crippen molar-refractivity contribution in [1.82, 2.24) is 0 Å². The highest BCUT2D eigenvalue weighted by atomic mass is 16.7. The first-order valence-corrected chi connectivity index (χ1v) is 7.78. The fraction of sp³-hybridized carbons (Fsp3) is 0.278. The minimum Gasteiger partial charge on any atom is -0.476 e. The number of esters is 1. The summed E-state index contributed by atoms with van der Waals surface area (Å²) in [5, 5.41) is 9.55. The molecule has 0 bridgehead atoms. The van der Waals surface area contributed by atoms with E-state index in [2.05, 4.69) is 0 Å². The SMILES string of the molecule is CC1=C(C)C(O/C=C(/C(=O)O)N2C(=O)CCc3ccccc32)OC1=O. The maximum Gasteiger partial charge on any atom is 0.356 e. The number of fused-ring (bicyclic) bond motifs is 1. The number of carbonyl (C=O) groups excluding carboxylic acids is 2. The third kappa shape index (κ3) is 3.00. The summed E-state index contributed by atoms with van der Waals surface area (Å²) in [7, 11) is 0. The van der Waals surface area contributed by atoms with Crippen molar-refractivity contribution < 1.29 is 29.0 Å². The minimum atomic E-state index is -1.31. The maximum atomic E-state index is 12.3. The Labute approximate surface area is 144 Å². The van der Waals surface area contributed by atoms with Crippen LogP contribution in [0.1, 0.15) is 25.8 Å². The van der Waals surface area contributed by atoms with E-state index in [-0.39, 0.29) is 18.0 Å². The van der Waals surface area contributed by atoms with E-state index in [0.29, 0.717) is 23.3 Å². The average molecular weight is 343 g/mol. The molecule has 0 fully saturated rings. The van der Waals surface area contributed by atoms with Gasteiger partial charge in [0.05, 0.1) is 5.69 Å². The molecule has 2 heterocycles. The number of hydrogen-bond acceptors (Lipinski definition) is 5. The van der Waals surface area contributed by atoms with Crippen molar-refractivity contribution in [2.24, 2.45) is 0 Å². The Morgan fingerprint density at radius 2 is 2.00 bits per heavy atom. The van der Waals surface area contributed by atoms with Crippen LogP contribution >= 0.6 is 0 Å². The highest BCUT2D eigenvalue weighted by Gasteiger charge is 2.33. The molecule has 130 valence electrons. The third-order valence-corrected chi connectivity index (χ3v) is 4.32. The largest absolute Gasteiger partial charge is 0.476 e. The molecule has 0 spiro atoms. The molecule has 7 nitrogen and oxygen atoms in total. The number of amides is 1. The Balaban J connectivity index is 1.93. The molecule has 0 aliphatic carbocycles. The molecule has 25 heavy (non-hydrogen) atoms. The topological polar surface area (TPSA) is 93.1 Å². The quantitative estimate of drug-likeness (QED) is 0.511. The van der Waals surface area contributed by atoms with Gasteiger partial charge in [0.1, 0.15) is 6.26 Å². The molecule has 0 saturated heterocycles. The fourth-order valence-electron chi connectivity index (χ4n) is 2.76. The van der Waals surface area contributed by atoms with Gasteiger partial charge in [-0.1, -0.05) is 18.2 Å². The molecule has 1 unspecified atom stereocenters. The smallest absolute Gasteiger partial charge is 0.356 e. The van der Waals surface area contributed by atoms with Gasteiger partial charge in [0.15, 0.2) is 5.70 Å². The van der Waals surface area contributed by atoms with Gasteiger partial charge in [-0.2, -0.15) is 0 Å². The summed E-state index contributed by atoms with van der Waals surface area (Å²) in [5.74, 6) is -2.15. The molecule has 1 N–H and O–H groups in total. The molecule has 7 heteroatoms. The van der Waals surface area contributed by atoms with Gasteiger partial charge in [0.25, 0.3) is 6.29 Å². The molecule has 3 rings (SSSR count). The number of benzene rings is 1. The van der Waals surface area contributed by atoms with Crippen LogP contribution in [0, 0.1) is 0 Å². The Morgan fingerprint density at radius 3 is 2.64 bits per heavy atom. The van der Waals surface area contributed by atoms with E-state index in [1.165, 1.54) is 0 Å². The van der Waals surface area contributed by atoms with Crippen molar-refractivity contribution in [2.75, 3.05) is 4.90 Å². The lowest BCUT2D eigenvalue weighted by molar-refractivity contribution is -0.153. The summed E-state index contributed by atoms with van der Waals surface area (Å²) in [5.41, 5.74) is 2.06. The first-order chi connectivity index (χ1) is 11.9. The van der Waals surface area contributed by atoms with Crippen molar-refractivity contribution in [3.63, 3.8) is 0 Å². The van der Waals surface area contributed by atoms with E-state index in [1.807, 2.05) is 12.1 Å². The molecule has 1 aromatic rings. The van der Waals surface area contributed by atoms with Gasteiger partial charge in [-0.05, 0) is 31.9 Å². The zero-order valence-electron chi connectivity index (χ0n) is 13.8. The minimum absolute atomic E-state index is 0.206. The second-order valence-electron chi connectivity index (χ2n) is 5.85. The standard InChI is InChI=1S/C18H17NO6/c1-10-11(2)18(25-17(10)23)24-9-14(16(21)22)19-13-6-4-3-5-12(13)7-8-15(19)20/h3-6,9,18H,7-8H2,1-2H3,(H,21,22)/b14-9-. The number of carboxylic acids is 1. The van der Waals surface area contributed by atoms with Gasteiger partial charge in [0.2, 0.25) is 5.91 Å².